The van der Waals surface area contributed by atoms with Crippen LogP contribution >= 0.6 is 12.2 Å². The SMILES string of the molecule is COCCN(C(=S)Nc1c(C)cccc1C)[C@@H](C)c1ccccn1. The maximum absolute atomic E-state index is 5.70. The molecule has 1 aromatic carbocycles. The quantitative estimate of drug-likeness (QED) is 0.799. The van der Waals surface area contributed by atoms with Crippen molar-refractivity contribution in [3.63, 3.8) is 0 Å². The van der Waals surface area contributed by atoms with Gasteiger partial charge in [0.25, 0.3) is 0 Å². The molecule has 5 heteroatoms. The van der Waals surface area contributed by atoms with Crippen LogP contribution in [-0.2, 0) is 4.74 Å². The monoisotopic (exact) mass is 343 g/mol. The van der Waals surface area contributed by atoms with Gasteiger partial charge in [-0.2, -0.15) is 0 Å². The molecule has 0 aliphatic rings. The number of thiocarbonyl (C=S) groups is 1. The third-order valence-corrected chi connectivity index (χ3v) is 4.43. The summed E-state index contributed by atoms with van der Waals surface area (Å²) < 4.78 is 5.26. The molecule has 0 bridgehead atoms. The first-order chi connectivity index (χ1) is 11.5. The van der Waals surface area contributed by atoms with E-state index >= 15 is 0 Å². The van der Waals surface area contributed by atoms with E-state index in [-0.39, 0.29) is 6.04 Å². The zero-order valence-electron chi connectivity index (χ0n) is 14.7. The van der Waals surface area contributed by atoms with E-state index in [1.54, 1.807) is 7.11 Å². The Hall–Kier alpha value is -1.98. The molecule has 0 spiro atoms. The van der Waals surface area contributed by atoms with E-state index in [1.807, 2.05) is 24.4 Å². The minimum atomic E-state index is 0.0608. The standard InChI is InChI=1S/C19H25N3OS/c1-14-8-7-9-15(2)18(14)21-19(24)22(12-13-23-4)16(3)17-10-5-6-11-20-17/h5-11,16H,12-13H2,1-4H3,(H,21,24)/t16-/m0/s1. The number of anilines is 1. The number of nitrogens with zero attached hydrogens (tertiary/aromatic N) is 2. The fraction of sp³-hybridized carbons (Fsp3) is 0.368. The van der Waals surface area contributed by atoms with Gasteiger partial charge in [0.05, 0.1) is 18.3 Å². The molecule has 1 atom stereocenters. The Bertz CT molecular complexity index is 655. The van der Waals surface area contributed by atoms with Crippen LogP contribution in [0.1, 0.15) is 29.8 Å². The Kier molecular flexibility index (Phi) is 6.70. The first-order valence-electron chi connectivity index (χ1n) is 8.08. The summed E-state index contributed by atoms with van der Waals surface area (Å²) in [4.78, 5) is 6.58. The van der Waals surface area contributed by atoms with Gasteiger partial charge in [-0.15, -0.1) is 0 Å². The number of rotatable bonds is 6. The van der Waals surface area contributed by atoms with Gasteiger partial charge in [-0.1, -0.05) is 24.3 Å². The zero-order chi connectivity index (χ0) is 17.5. The number of para-hydroxylation sites is 1. The lowest BCUT2D eigenvalue weighted by Gasteiger charge is -2.32. The minimum absolute atomic E-state index is 0.0608. The molecule has 24 heavy (non-hydrogen) atoms. The Balaban J connectivity index is 2.22. The van der Waals surface area contributed by atoms with Gasteiger partial charge in [-0.05, 0) is 56.2 Å². The molecule has 4 nitrogen and oxygen atoms in total. The maximum Gasteiger partial charge on any atom is 0.174 e. The van der Waals surface area contributed by atoms with Gasteiger partial charge in [0.1, 0.15) is 0 Å². The molecular formula is C19H25N3OS. The molecule has 128 valence electrons. The van der Waals surface area contributed by atoms with E-state index < -0.39 is 0 Å². The summed E-state index contributed by atoms with van der Waals surface area (Å²) in [5, 5.41) is 4.10. The highest BCUT2D eigenvalue weighted by Crippen LogP contribution is 2.23. The van der Waals surface area contributed by atoms with Crippen LogP contribution in [0.4, 0.5) is 5.69 Å². The fourth-order valence-corrected chi connectivity index (χ4v) is 2.99. The van der Waals surface area contributed by atoms with Crippen molar-refractivity contribution in [3.05, 3.63) is 59.4 Å². The number of aryl methyl sites for hydroxylation is 2. The summed E-state index contributed by atoms with van der Waals surface area (Å²) in [6.07, 6.45) is 1.81. The van der Waals surface area contributed by atoms with Gasteiger partial charge < -0.3 is 15.0 Å². The van der Waals surface area contributed by atoms with Crippen molar-refractivity contribution in [2.24, 2.45) is 0 Å². The van der Waals surface area contributed by atoms with Crippen LogP contribution in [0.2, 0.25) is 0 Å². The predicted octanol–water partition coefficient (Wildman–Crippen LogP) is 4.10. The Morgan fingerprint density at radius 2 is 1.92 bits per heavy atom. The molecule has 0 saturated carbocycles. The van der Waals surface area contributed by atoms with Gasteiger partial charge >= 0.3 is 0 Å². The third kappa shape index (κ3) is 4.52. The molecule has 0 saturated heterocycles. The first-order valence-corrected chi connectivity index (χ1v) is 8.49. The lowest BCUT2D eigenvalue weighted by Crippen LogP contribution is -2.39. The number of nitrogens with one attached hydrogen (secondary N) is 1. The predicted molar refractivity (Wildman–Crippen MR) is 103 cm³/mol. The molecule has 0 unspecified atom stereocenters. The van der Waals surface area contributed by atoms with Gasteiger partial charge in [0.15, 0.2) is 5.11 Å². The average Bonchev–Trinajstić information content (AvgIpc) is 2.59. The highest BCUT2D eigenvalue weighted by atomic mass is 32.1. The molecule has 1 heterocycles. The van der Waals surface area contributed by atoms with Gasteiger partial charge in [0, 0.05) is 25.5 Å². The van der Waals surface area contributed by atoms with Crippen molar-refractivity contribution in [1.82, 2.24) is 9.88 Å². The Morgan fingerprint density at radius 1 is 1.21 bits per heavy atom. The molecule has 0 amide bonds. The molecule has 0 aliphatic heterocycles. The summed E-state index contributed by atoms with van der Waals surface area (Å²) in [6, 6.07) is 12.2. The maximum atomic E-state index is 5.70. The minimum Gasteiger partial charge on any atom is -0.383 e. The van der Waals surface area contributed by atoms with Crippen molar-refractivity contribution in [3.8, 4) is 0 Å². The van der Waals surface area contributed by atoms with Crippen molar-refractivity contribution >= 4 is 23.0 Å². The summed E-state index contributed by atoms with van der Waals surface area (Å²) >= 11 is 5.70. The number of pyridine rings is 1. The van der Waals surface area contributed by atoms with E-state index in [4.69, 9.17) is 17.0 Å². The second-order valence-electron chi connectivity index (χ2n) is 5.81. The van der Waals surface area contributed by atoms with Crippen LogP contribution in [0.5, 0.6) is 0 Å². The average molecular weight is 343 g/mol. The van der Waals surface area contributed by atoms with Crippen LogP contribution in [0.15, 0.2) is 42.6 Å². The summed E-state index contributed by atoms with van der Waals surface area (Å²) in [5.74, 6) is 0. The molecule has 0 fully saturated rings. The second-order valence-corrected chi connectivity index (χ2v) is 6.20. The van der Waals surface area contributed by atoms with Gasteiger partial charge in [0.2, 0.25) is 0 Å². The number of hydrogen-bond acceptors (Lipinski definition) is 3. The number of hydrogen-bond donors (Lipinski definition) is 1. The fourth-order valence-electron chi connectivity index (χ4n) is 2.63. The zero-order valence-corrected chi connectivity index (χ0v) is 15.6. The number of methoxy groups -OCH3 is 1. The molecule has 1 aromatic heterocycles. The van der Waals surface area contributed by atoms with Crippen molar-refractivity contribution in [2.45, 2.75) is 26.8 Å². The largest absolute Gasteiger partial charge is 0.383 e. The van der Waals surface area contributed by atoms with Crippen LogP contribution in [0.25, 0.3) is 0 Å². The van der Waals surface area contributed by atoms with Crippen LogP contribution in [-0.4, -0.2) is 35.3 Å². The highest BCUT2D eigenvalue weighted by Gasteiger charge is 2.20. The molecular weight excluding hydrogens is 318 g/mol. The smallest absolute Gasteiger partial charge is 0.174 e. The molecule has 2 aromatic rings. The van der Waals surface area contributed by atoms with Crippen molar-refractivity contribution < 1.29 is 4.74 Å². The number of ether oxygens (including phenoxy) is 1. The third-order valence-electron chi connectivity index (χ3n) is 4.09. The van der Waals surface area contributed by atoms with E-state index in [2.05, 4.69) is 54.2 Å². The summed E-state index contributed by atoms with van der Waals surface area (Å²) in [7, 11) is 1.70. The van der Waals surface area contributed by atoms with Gasteiger partial charge in [-0.25, -0.2) is 0 Å². The van der Waals surface area contributed by atoms with Crippen molar-refractivity contribution in [2.75, 3.05) is 25.6 Å². The van der Waals surface area contributed by atoms with Crippen molar-refractivity contribution in [1.29, 1.82) is 0 Å². The highest BCUT2D eigenvalue weighted by molar-refractivity contribution is 7.80. The van der Waals surface area contributed by atoms with E-state index in [9.17, 15) is 0 Å². The number of aromatic nitrogens is 1. The molecule has 1 N–H and O–H groups in total. The molecule has 0 aliphatic carbocycles. The van der Waals surface area contributed by atoms with E-state index in [0.29, 0.717) is 18.3 Å². The Labute approximate surface area is 149 Å². The summed E-state index contributed by atoms with van der Waals surface area (Å²) in [6.45, 7) is 7.58. The van der Waals surface area contributed by atoms with Crippen LogP contribution in [0.3, 0.4) is 0 Å². The first kappa shape index (κ1) is 18.4. The molecule has 0 radical (unpaired) electrons. The van der Waals surface area contributed by atoms with E-state index in [1.165, 1.54) is 11.1 Å². The summed E-state index contributed by atoms with van der Waals surface area (Å²) in [5.41, 5.74) is 4.40. The lowest BCUT2D eigenvalue weighted by atomic mass is 10.1. The Morgan fingerprint density at radius 3 is 2.50 bits per heavy atom. The topological polar surface area (TPSA) is 37.4 Å². The molecule has 2 rings (SSSR count). The van der Waals surface area contributed by atoms with E-state index in [0.717, 1.165) is 11.4 Å². The van der Waals surface area contributed by atoms with Crippen LogP contribution < -0.4 is 5.32 Å². The van der Waals surface area contributed by atoms with Gasteiger partial charge in [-0.3, -0.25) is 4.98 Å². The van der Waals surface area contributed by atoms with Crippen LogP contribution in [0, 0.1) is 13.8 Å². The lowest BCUT2D eigenvalue weighted by molar-refractivity contribution is 0.164. The second kappa shape index (κ2) is 8.76. The number of benzene rings is 1. The normalized spacial score (nSPS) is 11.8.